The van der Waals surface area contributed by atoms with E-state index in [1.807, 2.05) is 30.3 Å². The first-order chi connectivity index (χ1) is 6.24. The van der Waals surface area contributed by atoms with Crippen LogP contribution in [0.4, 0.5) is 0 Å². The van der Waals surface area contributed by atoms with Crippen molar-refractivity contribution in [2.45, 2.75) is 5.92 Å². The maximum atomic E-state index is 11.0. The summed E-state index contributed by atoms with van der Waals surface area (Å²) in [6.07, 6.45) is 1.71. The Morgan fingerprint density at radius 3 is 2.46 bits per heavy atom. The van der Waals surface area contributed by atoms with Gasteiger partial charge in [-0.25, -0.2) is 0 Å². The molecule has 3 heteroatoms. The lowest BCUT2D eigenvalue weighted by atomic mass is 10.0. The predicted molar refractivity (Wildman–Crippen MR) is 57.2 cm³/mol. The van der Waals surface area contributed by atoms with Crippen molar-refractivity contribution in [3.63, 3.8) is 0 Å². The van der Waals surface area contributed by atoms with Gasteiger partial charge in [-0.05, 0) is 5.56 Å². The Morgan fingerprint density at radius 2 is 2.00 bits per heavy atom. The van der Waals surface area contributed by atoms with Crippen molar-refractivity contribution in [1.82, 2.24) is 0 Å². The molecule has 0 aromatic heterocycles. The highest BCUT2D eigenvalue weighted by atomic mass is 32.2. The van der Waals surface area contributed by atoms with E-state index in [0.29, 0.717) is 12.3 Å². The predicted octanol–water partition coefficient (Wildman–Crippen LogP) is 1.11. The van der Waals surface area contributed by atoms with Gasteiger partial charge in [-0.2, -0.15) is 0 Å². The fraction of sp³-hybridized carbons (Fsp3) is 0.400. The van der Waals surface area contributed by atoms with E-state index in [1.54, 1.807) is 6.26 Å². The average Bonchev–Trinajstić information content (AvgIpc) is 2.15. The smallest absolute Gasteiger partial charge is 0.0312 e. The number of hydrogen-bond donors (Lipinski definition) is 1. The standard InChI is InChI=1S/C10H15NOS/c1-13(12)8-10(7-11)9-5-3-2-4-6-9/h2-6,10H,7-8,11H2,1H3. The molecule has 1 rings (SSSR count). The van der Waals surface area contributed by atoms with Crippen LogP contribution in [0.2, 0.25) is 0 Å². The van der Waals surface area contributed by atoms with Crippen LogP contribution in [-0.2, 0) is 10.8 Å². The Bertz CT molecular complexity index is 274. The van der Waals surface area contributed by atoms with E-state index in [-0.39, 0.29) is 5.92 Å². The Morgan fingerprint density at radius 1 is 1.38 bits per heavy atom. The second-order valence-electron chi connectivity index (χ2n) is 3.08. The highest BCUT2D eigenvalue weighted by molar-refractivity contribution is 7.84. The van der Waals surface area contributed by atoms with Gasteiger partial charge >= 0.3 is 0 Å². The van der Waals surface area contributed by atoms with Crippen molar-refractivity contribution in [3.8, 4) is 0 Å². The fourth-order valence-corrected chi connectivity index (χ4v) is 2.20. The van der Waals surface area contributed by atoms with E-state index >= 15 is 0 Å². The van der Waals surface area contributed by atoms with Crippen molar-refractivity contribution in [3.05, 3.63) is 35.9 Å². The summed E-state index contributed by atoms with van der Waals surface area (Å²) in [7, 11) is -0.776. The van der Waals surface area contributed by atoms with E-state index in [1.165, 1.54) is 5.56 Å². The van der Waals surface area contributed by atoms with Crippen LogP contribution in [0.1, 0.15) is 11.5 Å². The van der Waals surface area contributed by atoms with Crippen LogP contribution in [0.3, 0.4) is 0 Å². The fourth-order valence-electron chi connectivity index (χ4n) is 1.31. The van der Waals surface area contributed by atoms with Gasteiger partial charge in [-0.1, -0.05) is 30.3 Å². The Kier molecular flexibility index (Phi) is 4.12. The van der Waals surface area contributed by atoms with Crippen LogP contribution in [-0.4, -0.2) is 22.8 Å². The molecule has 0 bridgehead atoms. The third kappa shape index (κ3) is 3.28. The van der Waals surface area contributed by atoms with E-state index in [9.17, 15) is 4.21 Å². The zero-order chi connectivity index (χ0) is 9.68. The molecule has 72 valence electrons. The summed E-state index contributed by atoms with van der Waals surface area (Å²) >= 11 is 0. The van der Waals surface area contributed by atoms with E-state index < -0.39 is 10.8 Å². The first-order valence-corrected chi connectivity index (χ1v) is 6.01. The first-order valence-electron chi connectivity index (χ1n) is 4.29. The summed E-state index contributed by atoms with van der Waals surface area (Å²) in [5, 5.41) is 0. The lowest BCUT2D eigenvalue weighted by Crippen LogP contribution is -2.18. The molecule has 0 radical (unpaired) electrons. The molecule has 13 heavy (non-hydrogen) atoms. The monoisotopic (exact) mass is 197 g/mol. The van der Waals surface area contributed by atoms with Crippen LogP contribution in [0.5, 0.6) is 0 Å². The molecule has 0 aliphatic heterocycles. The maximum Gasteiger partial charge on any atom is 0.0312 e. The van der Waals surface area contributed by atoms with Crippen LogP contribution in [0.25, 0.3) is 0 Å². The van der Waals surface area contributed by atoms with Gasteiger partial charge in [-0.3, -0.25) is 4.21 Å². The van der Waals surface area contributed by atoms with Gasteiger partial charge in [0.25, 0.3) is 0 Å². The SMILES string of the molecule is CS(=O)CC(CN)c1ccccc1. The number of rotatable bonds is 4. The molecular formula is C10H15NOS. The summed E-state index contributed by atoms with van der Waals surface area (Å²) in [4.78, 5) is 0. The van der Waals surface area contributed by atoms with Gasteiger partial charge in [0, 0.05) is 35.3 Å². The topological polar surface area (TPSA) is 43.1 Å². The molecule has 0 aliphatic carbocycles. The number of benzene rings is 1. The van der Waals surface area contributed by atoms with Crippen LogP contribution < -0.4 is 5.73 Å². The third-order valence-electron chi connectivity index (χ3n) is 1.99. The molecule has 1 aromatic carbocycles. The van der Waals surface area contributed by atoms with Gasteiger partial charge in [0.1, 0.15) is 0 Å². The zero-order valence-corrected chi connectivity index (χ0v) is 8.59. The Balaban J connectivity index is 2.73. The highest BCUT2D eigenvalue weighted by Gasteiger charge is 2.10. The van der Waals surface area contributed by atoms with E-state index in [2.05, 4.69) is 0 Å². The molecule has 0 aliphatic rings. The van der Waals surface area contributed by atoms with Gasteiger partial charge in [0.2, 0.25) is 0 Å². The molecule has 2 unspecified atom stereocenters. The molecule has 0 saturated heterocycles. The molecule has 0 heterocycles. The van der Waals surface area contributed by atoms with Crippen molar-refractivity contribution in [2.75, 3.05) is 18.6 Å². The largest absolute Gasteiger partial charge is 0.330 e. The minimum absolute atomic E-state index is 0.229. The quantitative estimate of drug-likeness (QED) is 0.785. The first kappa shape index (κ1) is 10.4. The van der Waals surface area contributed by atoms with Crippen molar-refractivity contribution >= 4 is 10.8 Å². The van der Waals surface area contributed by atoms with Gasteiger partial charge in [0.05, 0.1) is 0 Å². The van der Waals surface area contributed by atoms with Crippen LogP contribution >= 0.6 is 0 Å². The molecule has 2 nitrogen and oxygen atoms in total. The number of nitrogens with two attached hydrogens (primary N) is 1. The molecule has 0 fully saturated rings. The molecule has 0 amide bonds. The molecule has 1 aromatic rings. The molecule has 0 spiro atoms. The summed E-state index contributed by atoms with van der Waals surface area (Å²) in [5.74, 6) is 0.882. The van der Waals surface area contributed by atoms with Crippen LogP contribution in [0.15, 0.2) is 30.3 Å². The van der Waals surface area contributed by atoms with Crippen LogP contribution in [0, 0.1) is 0 Å². The summed E-state index contributed by atoms with van der Waals surface area (Å²) < 4.78 is 11.0. The lowest BCUT2D eigenvalue weighted by molar-refractivity contribution is 0.676. The van der Waals surface area contributed by atoms with E-state index in [4.69, 9.17) is 5.73 Å². The second kappa shape index (κ2) is 5.14. The normalized spacial score (nSPS) is 15.2. The van der Waals surface area contributed by atoms with Crippen molar-refractivity contribution < 1.29 is 4.21 Å². The van der Waals surface area contributed by atoms with Crippen molar-refractivity contribution in [2.24, 2.45) is 5.73 Å². The third-order valence-corrected chi connectivity index (χ3v) is 2.86. The highest BCUT2D eigenvalue weighted by Crippen LogP contribution is 2.14. The second-order valence-corrected chi connectivity index (χ2v) is 4.56. The molecule has 2 N–H and O–H groups in total. The lowest BCUT2D eigenvalue weighted by Gasteiger charge is -2.12. The van der Waals surface area contributed by atoms with E-state index in [0.717, 1.165) is 0 Å². The minimum atomic E-state index is -0.776. The molecule has 2 atom stereocenters. The number of hydrogen-bond acceptors (Lipinski definition) is 2. The summed E-state index contributed by atoms with van der Waals surface area (Å²) in [5.41, 5.74) is 6.80. The average molecular weight is 197 g/mol. The maximum absolute atomic E-state index is 11.0. The molecule has 0 saturated carbocycles. The zero-order valence-electron chi connectivity index (χ0n) is 7.77. The van der Waals surface area contributed by atoms with Gasteiger partial charge < -0.3 is 5.73 Å². The molecular weight excluding hydrogens is 182 g/mol. The Labute approximate surface area is 81.6 Å². The van der Waals surface area contributed by atoms with Crippen molar-refractivity contribution in [1.29, 1.82) is 0 Å². The van der Waals surface area contributed by atoms with Gasteiger partial charge in [0.15, 0.2) is 0 Å². The summed E-state index contributed by atoms with van der Waals surface area (Å²) in [6, 6.07) is 10.0. The Hall–Kier alpha value is -0.670. The van der Waals surface area contributed by atoms with Gasteiger partial charge in [-0.15, -0.1) is 0 Å². The minimum Gasteiger partial charge on any atom is -0.330 e. The summed E-state index contributed by atoms with van der Waals surface area (Å²) in [6.45, 7) is 0.559.